The van der Waals surface area contributed by atoms with Gasteiger partial charge in [0, 0.05) is 28.9 Å². The molecule has 162 valence electrons. The van der Waals surface area contributed by atoms with E-state index in [0.717, 1.165) is 38.9 Å². The molecular weight excluding hydrogens is 402 g/mol. The van der Waals surface area contributed by atoms with E-state index in [4.69, 9.17) is 0 Å². The maximum absolute atomic E-state index is 4.68. The summed E-state index contributed by atoms with van der Waals surface area (Å²) in [5, 5.41) is 1.05. The number of nitrogens with zero attached hydrogens (tertiary/aromatic N) is 3. The van der Waals surface area contributed by atoms with Crippen molar-refractivity contribution in [2.45, 2.75) is 33.1 Å². The van der Waals surface area contributed by atoms with Crippen LogP contribution in [0, 0.1) is 6.92 Å². The molecule has 0 atom stereocenters. The quantitative estimate of drug-likeness (QED) is 0.296. The van der Waals surface area contributed by atoms with Crippen LogP contribution < -0.4 is 0 Å². The third kappa shape index (κ3) is 4.14. The Balaban J connectivity index is 1.63. The molecule has 3 aromatic carbocycles. The van der Waals surface area contributed by atoms with E-state index in [-0.39, 0.29) is 5.41 Å². The molecule has 0 fully saturated rings. The van der Waals surface area contributed by atoms with Crippen LogP contribution in [-0.4, -0.2) is 15.0 Å². The molecule has 3 heteroatoms. The Bertz CT molecular complexity index is 1440. The number of pyridine rings is 1. The van der Waals surface area contributed by atoms with Crippen LogP contribution in [0.4, 0.5) is 0 Å². The third-order valence-electron chi connectivity index (χ3n) is 6.13. The Morgan fingerprint density at radius 2 is 1.45 bits per heavy atom. The van der Waals surface area contributed by atoms with Crippen molar-refractivity contribution in [2.75, 3.05) is 0 Å². The molecule has 2 aromatic heterocycles. The number of benzene rings is 3. The third-order valence-corrected chi connectivity index (χ3v) is 6.13. The zero-order chi connectivity index (χ0) is 23.0. The summed E-state index contributed by atoms with van der Waals surface area (Å²) in [6.45, 7) is 8.78. The molecule has 0 unspecified atom stereocenters. The van der Waals surface area contributed by atoms with E-state index in [0.29, 0.717) is 0 Å². The second-order valence-electron chi connectivity index (χ2n) is 9.57. The lowest BCUT2D eigenvalue weighted by Crippen LogP contribution is -2.11. The maximum Gasteiger partial charge on any atom is 0.116 e. The van der Waals surface area contributed by atoms with E-state index in [2.05, 4.69) is 115 Å². The number of hydrogen-bond acceptors (Lipinski definition) is 3. The van der Waals surface area contributed by atoms with Gasteiger partial charge in [0.2, 0.25) is 0 Å². The molecule has 0 saturated heterocycles. The van der Waals surface area contributed by atoms with Gasteiger partial charge in [0.1, 0.15) is 6.33 Å². The van der Waals surface area contributed by atoms with E-state index in [9.17, 15) is 0 Å². The fraction of sp³-hybridized carbons (Fsp3) is 0.167. The van der Waals surface area contributed by atoms with Gasteiger partial charge in [-0.2, -0.15) is 0 Å². The van der Waals surface area contributed by atoms with Crippen LogP contribution in [0.1, 0.15) is 31.9 Å². The summed E-state index contributed by atoms with van der Waals surface area (Å²) < 4.78 is 0. The van der Waals surface area contributed by atoms with Gasteiger partial charge in [-0.1, -0.05) is 80.9 Å². The SMILES string of the molecule is Cc1ccc(-c2ccc(-c3cccc(-c4cc(C(C)(C)C)ccn4)c3)c3ncncc23)cc1. The lowest BCUT2D eigenvalue weighted by atomic mass is 9.87. The molecule has 0 N–H and O–H groups in total. The highest BCUT2D eigenvalue weighted by Crippen LogP contribution is 2.35. The van der Waals surface area contributed by atoms with Crippen molar-refractivity contribution in [3.63, 3.8) is 0 Å². The summed E-state index contributed by atoms with van der Waals surface area (Å²) in [5.74, 6) is 0. The molecular formula is C30H27N3. The molecule has 0 saturated carbocycles. The highest BCUT2D eigenvalue weighted by atomic mass is 14.8. The molecule has 3 nitrogen and oxygen atoms in total. The van der Waals surface area contributed by atoms with Gasteiger partial charge in [0.05, 0.1) is 11.2 Å². The lowest BCUT2D eigenvalue weighted by Gasteiger charge is -2.19. The average Bonchev–Trinajstić information content (AvgIpc) is 2.84. The van der Waals surface area contributed by atoms with Crippen LogP contribution in [0.3, 0.4) is 0 Å². The van der Waals surface area contributed by atoms with E-state index >= 15 is 0 Å². The minimum Gasteiger partial charge on any atom is -0.256 e. The Kier molecular flexibility index (Phi) is 5.26. The Morgan fingerprint density at radius 3 is 2.24 bits per heavy atom. The fourth-order valence-electron chi connectivity index (χ4n) is 4.20. The van der Waals surface area contributed by atoms with E-state index < -0.39 is 0 Å². The topological polar surface area (TPSA) is 38.7 Å². The second kappa shape index (κ2) is 8.25. The van der Waals surface area contributed by atoms with E-state index in [1.54, 1.807) is 6.33 Å². The lowest BCUT2D eigenvalue weighted by molar-refractivity contribution is 0.589. The smallest absolute Gasteiger partial charge is 0.116 e. The molecule has 0 aliphatic heterocycles. The molecule has 0 spiro atoms. The van der Waals surface area contributed by atoms with Gasteiger partial charge in [0.15, 0.2) is 0 Å². The number of fused-ring (bicyclic) bond motifs is 1. The van der Waals surface area contributed by atoms with Crippen molar-refractivity contribution >= 4 is 10.9 Å². The van der Waals surface area contributed by atoms with Crippen molar-refractivity contribution in [2.24, 2.45) is 0 Å². The summed E-state index contributed by atoms with van der Waals surface area (Å²) in [5.41, 5.74) is 10.2. The van der Waals surface area contributed by atoms with Crippen LogP contribution in [0.5, 0.6) is 0 Å². The molecule has 2 heterocycles. The second-order valence-corrected chi connectivity index (χ2v) is 9.57. The largest absolute Gasteiger partial charge is 0.256 e. The summed E-state index contributed by atoms with van der Waals surface area (Å²) >= 11 is 0. The Hall–Kier alpha value is -3.85. The summed E-state index contributed by atoms with van der Waals surface area (Å²) in [6, 6.07) is 25.8. The predicted octanol–water partition coefficient (Wildman–Crippen LogP) is 7.63. The van der Waals surface area contributed by atoms with Gasteiger partial charge in [-0.05, 0) is 52.8 Å². The minimum atomic E-state index is 0.0776. The number of aromatic nitrogens is 3. The van der Waals surface area contributed by atoms with Gasteiger partial charge in [-0.15, -0.1) is 0 Å². The first-order valence-electron chi connectivity index (χ1n) is 11.3. The molecule has 5 aromatic rings. The Morgan fingerprint density at radius 1 is 0.697 bits per heavy atom. The predicted molar refractivity (Wildman–Crippen MR) is 137 cm³/mol. The maximum atomic E-state index is 4.68. The standard InChI is InChI=1S/C30H27N3/c1-20-8-10-21(11-9-20)25-12-13-26(29-27(25)18-31-19-33-29)22-6-5-7-23(16-22)28-17-24(14-15-32-28)30(2,3)4/h5-19H,1-4H3. The minimum absolute atomic E-state index is 0.0776. The first kappa shape index (κ1) is 21.0. The van der Waals surface area contributed by atoms with Gasteiger partial charge in [-0.3, -0.25) is 4.98 Å². The van der Waals surface area contributed by atoms with Crippen molar-refractivity contribution in [1.29, 1.82) is 0 Å². The van der Waals surface area contributed by atoms with Gasteiger partial charge < -0.3 is 0 Å². The highest BCUT2D eigenvalue weighted by molar-refractivity contribution is 6.02. The summed E-state index contributed by atoms with van der Waals surface area (Å²) in [4.78, 5) is 13.7. The van der Waals surface area contributed by atoms with E-state index in [1.807, 2.05) is 12.4 Å². The molecule has 0 radical (unpaired) electrons. The molecule has 0 aliphatic carbocycles. The monoisotopic (exact) mass is 429 g/mol. The molecule has 5 rings (SSSR count). The summed E-state index contributed by atoms with van der Waals surface area (Å²) in [6.07, 6.45) is 5.45. The van der Waals surface area contributed by atoms with Crippen LogP contribution in [0.25, 0.3) is 44.4 Å². The van der Waals surface area contributed by atoms with Crippen molar-refractivity contribution in [1.82, 2.24) is 15.0 Å². The molecule has 0 aliphatic rings. The van der Waals surface area contributed by atoms with Crippen molar-refractivity contribution < 1.29 is 0 Å². The van der Waals surface area contributed by atoms with Crippen molar-refractivity contribution in [3.8, 4) is 33.5 Å². The molecule has 33 heavy (non-hydrogen) atoms. The van der Waals surface area contributed by atoms with Crippen LogP contribution in [-0.2, 0) is 5.41 Å². The van der Waals surface area contributed by atoms with Gasteiger partial charge in [0.25, 0.3) is 0 Å². The number of aryl methyl sites for hydroxylation is 1. The van der Waals surface area contributed by atoms with Crippen molar-refractivity contribution in [3.05, 3.63) is 103 Å². The van der Waals surface area contributed by atoms with Gasteiger partial charge >= 0.3 is 0 Å². The van der Waals surface area contributed by atoms with Crippen LogP contribution in [0.2, 0.25) is 0 Å². The summed E-state index contributed by atoms with van der Waals surface area (Å²) in [7, 11) is 0. The zero-order valence-electron chi connectivity index (χ0n) is 19.5. The van der Waals surface area contributed by atoms with Crippen LogP contribution >= 0.6 is 0 Å². The van der Waals surface area contributed by atoms with Gasteiger partial charge in [-0.25, -0.2) is 9.97 Å². The van der Waals surface area contributed by atoms with E-state index in [1.165, 1.54) is 16.7 Å². The highest BCUT2D eigenvalue weighted by Gasteiger charge is 2.15. The zero-order valence-corrected chi connectivity index (χ0v) is 19.5. The number of rotatable bonds is 3. The first-order chi connectivity index (χ1) is 15.9. The molecule has 0 bridgehead atoms. The Labute approximate surface area is 195 Å². The number of hydrogen-bond donors (Lipinski definition) is 0. The fourth-order valence-corrected chi connectivity index (χ4v) is 4.20. The molecule has 0 amide bonds. The normalized spacial score (nSPS) is 11.6. The average molecular weight is 430 g/mol. The van der Waals surface area contributed by atoms with Crippen LogP contribution in [0.15, 0.2) is 91.5 Å². The first-order valence-corrected chi connectivity index (χ1v) is 11.3.